The summed E-state index contributed by atoms with van der Waals surface area (Å²) in [5.74, 6) is 1.04. The van der Waals surface area contributed by atoms with Gasteiger partial charge in [-0.25, -0.2) is 0 Å². The van der Waals surface area contributed by atoms with Gasteiger partial charge in [-0.2, -0.15) is 0 Å². The van der Waals surface area contributed by atoms with Crippen molar-refractivity contribution in [2.75, 3.05) is 7.11 Å². The molecule has 0 N–H and O–H groups in total. The van der Waals surface area contributed by atoms with Crippen molar-refractivity contribution in [1.82, 2.24) is 0 Å². The van der Waals surface area contributed by atoms with Gasteiger partial charge in [0, 0.05) is 16.5 Å². The molecule has 0 saturated carbocycles. The van der Waals surface area contributed by atoms with Crippen LogP contribution in [0.25, 0.3) is 0 Å². The maximum atomic E-state index is 5.85. The van der Waals surface area contributed by atoms with Gasteiger partial charge < -0.3 is 4.74 Å². The fourth-order valence-corrected chi connectivity index (χ4v) is 3.09. The summed E-state index contributed by atoms with van der Waals surface area (Å²) in [6.45, 7) is 13.5. The van der Waals surface area contributed by atoms with E-state index < -0.39 is 0 Å². The first kappa shape index (κ1) is 15.9. The van der Waals surface area contributed by atoms with E-state index in [0.717, 1.165) is 12.2 Å². The van der Waals surface area contributed by atoms with Crippen molar-refractivity contribution < 1.29 is 4.74 Å². The molecule has 1 nitrogen and oxygen atoms in total. The molecular weight excluding hydrogens is 256 g/mol. The predicted octanol–water partition coefficient (Wildman–Crippen LogP) is 5.47. The van der Waals surface area contributed by atoms with E-state index in [0.29, 0.717) is 0 Å². The maximum Gasteiger partial charge on any atom is 0.126 e. The van der Waals surface area contributed by atoms with E-state index in [1.807, 2.05) is 0 Å². The molecule has 0 heterocycles. The van der Waals surface area contributed by atoms with Gasteiger partial charge in [-0.1, -0.05) is 70.5 Å². The molecule has 0 saturated heterocycles. The molecule has 0 amide bonds. The standard InChI is InChI=1S/C20H28O/c1-14-12-16(19(2,3)4)18(21-7)17(13-14)20(5,6)15-10-8-9-11-15/h8,10-13H,9H2,1-7H3. The molecule has 1 aliphatic rings. The molecule has 1 aromatic carbocycles. The van der Waals surface area contributed by atoms with E-state index in [4.69, 9.17) is 4.74 Å². The zero-order chi connectivity index (χ0) is 15.8. The molecule has 0 radical (unpaired) electrons. The van der Waals surface area contributed by atoms with Crippen molar-refractivity contribution in [3.63, 3.8) is 0 Å². The highest BCUT2D eigenvalue weighted by atomic mass is 16.5. The van der Waals surface area contributed by atoms with Gasteiger partial charge >= 0.3 is 0 Å². The molecule has 1 aromatic rings. The number of hydrogen-bond donors (Lipinski definition) is 0. The second-order valence-corrected chi connectivity index (χ2v) is 7.57. The van der Waals surface area contributed by atoms with Gasteiger partial charge in [-0.05, 0) is 24.3 Å². The Balaban J connectivity index is 2.68. The minimum Gasteiger partial charge on any atom is -0.496 e. The lowest BCUT2D eigenvalue weighted by atomic mass is 9.74. The highest BCUT2D eigenvalue weighted by Crippen LogP contribution is 2.44. The van der Waals surface area contributed by atoms with Gasteiger partial charge in [0.2, 0.25) is 0 Å². The Hall–Kier alpha value is -1.50. The van der Waals surface area contributed by atoms with Gasteiger partial charge in [-0.15, -0.1) is 0 Å². The van der Waals surface area contributed by atoms with Crippen LogP contribution >= 0.6 is 0 Å². The minimum atomic E-state index is -0.0373. The van der Waals surface area contributed by atoms with Crippen LogP contribution in [-0.4, -0.2) is 7.11 Å². The van der Waals surface area contributed by atoms with Gasteiger partial charge in [0.15, 0.2) is 0 Å². The summed E-state index contributed by atoms with van der Waals surface area (Å²) in [5.41, 5.74) is 5.29. The smallest absolute Gasteiger partial charge is 0.126 e. The fraction of sp³-hybridized carbons (Fsp3) is 0.500. The monoisotopic (exact) mass is 284 g/mol. The van der Waals surface area contributed by atoms with Crippen molar-refractivity contribution in [2.45, 2.75) is 58.8 Å². The number of allylic oxidation sites excluding steroid dienone is 4. The molecule has 0 fully saturated rings. The van der Waals surface area contributed by atoms with E-state index in [1.54, 1.807) is 7.11 Å². The van der Waals surface area contributed by atoms with E-state index in [9.17, 15) is 0 Å². The molecule has 114 valence electrons. The Labute approximate surface area is 129 Å². The zero-order valence-corrected chi connectivity index (χ0v) is 14.5. The molecule has 0 atom stereocenters. The van der Waals surface area contributed by atoms with E-state index in [-0.39, 0.29) is 10.8 Å². The van der Waals surface area contributed by atoms with Gasteiger partial charge in [0.1, 0.15) is 5.75 Å². The second kappa shape index (κ2) is 5.36. The molecule has 0 unspecified atom stereocenters. The Morgan fingerprint density at radius 1 is 1.00 bits per heavy atom. The summed E-state index contributed by atoms with van der Waals surface area (Å²) in [6.07, 6.45) is 7.83. The average Bonchev–Trinajstić information content (AvgIpc) is 2.91. The first-order valence-electron chi connectivity index (χ1n) is 7.74. The van der Waals surface area contributed by atoms with Crippen LogP contribution in [-0.2, 0) is 10.8 Å². The first-order chi connectivity index (χ1) is 9.67. The summed E-state index contributed by atoms with van der Waals surface area (Å²) in [7, 11) is 1.79. The third kappa shape index (κ3) is 2.92. The van der Waals surface area contributed by atoms with Crippen LogP contribution in [0.2, 0.25) is 0 Å². The van der Waals surface area contributed by atoms with E-state index in [1.165, 1.54) is 22.3 Å². The topological polar surface area (TPSA) is 9.23 Å². The number of ether oxygens (including phenoxy) is 1. The Kier molecular flexibility index (Phi) is 4.06. The molecule has 0 spiro atoms. The Morgan fingerprint density at radius 2 is 1.62 bits per heavy atom. The fourth-order valence-electron chi connectivity index (χ4n) is 3.09. The summed E-state index contributed by atoms with van der Waals surface area (Å²) < 4.78 is 5.85. The molecular formula is C20H28O. The SMILES string of the molecule is COc1c(C(C)(C)C)cc(C)cc1C(C)(C)C1=CCC=C1. The third-order valence-corrected chi connectivity index (χ3v) is 4.41. The van der Waals surface area contributed by atoms with Crippen molar-refractivity contribution in [3.05, 3.63) is 52.6 Å². The normalized spacial score (nSPS) is 15.3. The van der Waals surface area contributed by atoms with Crippen molar-refractivity contribution in [3.8, 4) is 5.75 Å². The average molecular weight is 284 g/mol. The van der Waals surface area contributed by atoms with Crippen LogP contribution in [0.4, 0.5) is 0 Å². The van der Waals surface area contributed by atoms with E-state index in [2.05, 4.69) is 71.9 Å². The summed E-state index contributed by atoms with van der Waals surface area (Å²) in [4.78, 5) is 0. The van der Waals surface area contributed by atoms with Crippen molar-refractivity contribution in [2.24, 2.45) is 0 Å². The summed E-state index contributed by atoms with van der Waals surface area (Å²) >= 11 is 0. The highest BCUT2D eigenvalue weighted by molar-refractivity contribution is 5.55. The lowest BCUT2D eigenvalue weighted by molar-refractivity contribution is 0.384. The summed E-state index contributed by atoms with van der Waals surface area (Å²) in [5, 5.41) is 0. The van der Waals surface area contributed by atoms with Gasteiger partial charge in [0.25, 0.3) is 0 Å². The maximum absolute atomic E-state index is 5.85. The molecule has 0 aliphatic heterocycles. The predicted molar refractivity (Wildman–Crippen MR) is 91.3 cm³/mol. The molecule has 21 heavy (non-hydrogen) atoms. The van der Waals surface area contributed by atoms with Crippen LogP contribution in [0.3, 0.4) is 0 Å². The molecule has 2 rings (SSSR count). The van der Waals surface area contributed by atoms with Crippen molar-refractivity contribution in [1.29, 1.82) is 0 Å². The van der Waals surface area contributed by atoms with Crippen LogP contribution < -0.4 is 4.74 Å². The van der Waals surface area contributed by atoms with Crippen LogP contribution in [0.1, 0.15) is 57.7 Å². The second-order valence-electron chi connectivity index (χ2n) is 7.57. The first-order valence-corrected chi connectivity index (χ1v) is 7.74. The highest BCUT2D eigenvalue weighted by Gasteiger charge is 2.32. The Bertz CT molecular complexity index is 595. The quantitative estimate of drug-likeness (QED) is 0.715. The number of benzene rings is 1. The molecule has 0 bridgehead atoms. The number of rotatable bonds is 3. The molecule has 1 heteroatoms. The van der Waals surface area contributed by atoms with Gasteiger partial charge in [0.05, 0.1) is 7.11 Å². The lowest BCUT2D eigenvalue weighted by Crippen LogP contribution is -2.23. The van der Waals surface area contributed by atoms with Crippen LogP contribution in [0.5, 0.6) is 5.75 Å². The molecule has 1 aliphatic carbocycles. The van der Waals surface area contributed by atoms with Crippen LogP contribution in [0.15, 0.2) is 35.9 Å². The zero-order valence-electron chi connectivity index (χ0n) is 14.5. The number of hydrogen-bond acceptors (Lipinski definition) is 1. The number of aryl methyl sites for hydroxylation is 1. The van der Waals surface area contributed by atoms with Crippen molar-refractivity contribution >= 4 is 0 Å². The molecule has 0 aromatic heterocycles. The lowest BCUT2D eigenvalue weighted by Gasteiger charge is -2.32. The largest absolute Gasteiger partial charge is 0.496 e. The van der Waals surface area contributed by atoms with E-state index >= 15 is 0 Å². The van der Waals surface area contributed by atoms with Gasteiger partial charge in [-0.3, -0.25) is 0 Å². The minimum absolute atomic E-state index is 0.0373. The third-order valence-electron chi connectivity index (χ3n) is 4.41. The summed E-state index contributed by atoms with van der Waals surface area (Å²) in [6, 6.07) is 4.54. The van der Waals surface area contributed by atoms with Crippen LogP contribution in [0, 0.1) is 6.92 Å². The number of methoxy groups -OCH3 is 1. The Morgan fingerprint density at radius 3 is 2.10 bits per heavy atom.